The third-order valence-electron chi connectivity index (χ3n) is 2.80. The van der Waals surface area contributed by atoms with Gasteiger partial charge in [0.15, 0.2) is 0 Å². The van der Waals surface area contributed by atoms with E-state index in [-0.39, 0.29) is 22.9 Å². The first kappa shape index (κ1) is 17.4. The summed E-state index contributed by atoms with van der Waals surface area (Å²) in [6.45, 7) is 13.7. The summed E-state index contributed by atoms with van der Waals surface area (Å²) in [4.78, 5) is 13.8. The van der Waals surface area contributed by atoms with Crippen LogP contribution in [0.4, 0.5) is 0 Å². The maximum absolute atomic E-state index is 11.8. The van der Waals surface area contributed by atoms with Crippen LogP contribution in [0.2, 0.25) is 0 Å². The van der Waals surface area contributed by atoms with Gasteiger partial charge in [0.2, 0.25) is 0 Å². The Morgan fingerprint density at radius 2 is 1.61 bits per heavy atom. The molecule has 0 heterocycles. The first-order chi connectivity index (χ1) is 7.92. The van der Waals surface area contributed by atoms with Crippen molar-refractivity contribution in [3.63, 3.8) is 0 Å². The molecule has 0 saturated carbocycles. The summed E-state index contributed by atoms with van der Waals surface area (Å²) < 4.78 is 5.68. The topological polar surface area (TPSA) is 29.5 Å². The van der Waals surface area contributed by atoms with Crippen LogP contribution in [0, 0.1) is 10.8 Å². The fourth-order valence-corrected chi connectivity index (χ4v) is 1.61. The van der Waals surface area contributed by atoms with Crippen LogP contribution in [0.25, 0.3) is 0 Å². The molecule has 0 aromatic heterocycles. The van der Waals surface area contributed by atoms with Gasteiger partial charge in [-0.3, -0.25) is 4.79 Å². The number of carbonyl (C=O) groups excluding carboxylic acids is 1. The standard InChI is InChI=1S/C15H31NO2/c1-14(2,3)11-12(15(4,5)6)18-13(17)9-10-16(7)8/h12H,9-11H2,1-8H3. The van der Waals surface area contributed by atoms with Crippen molar-refractivity contribution in [2.45, 2.75) is 60.5 Å². The van der Waals surface area contributed by atoms with Gasteiger partial charge in [-0.15, -0.1) is 0 Å². The molecule has 0 rings (SSSR count). The average molecular weight is 257 g/mol. The molecule has 0 saturated heterocycles. The van der Waals surface area contributed by atoms with Gasteiger partial charge in [-0.25, -0.2) is 0 Å². The summed E-state index contributed by atoms with van der Waals surface area (Å²) >= 11 is 0. The highest BCUT2D eigenvalue weighted by atomic mass is 16.5. The molecule has 0 radical (unpaired) electrons. The fraction of sp³-hybridized carbons (Fsp3) is 0.933. The summed E-state index contributed by atoms with van der Waals surface area (Å²) in [5, 5.41) is 0. The molecule has 108 valence electrons. The summed E-state index contributed by atoms with van der Waals surface area (Å²) in [5.74, 6) is -0.0899. The lowest BCUT2D eigenvalue weighted by Gasteiger charge is -2.35. The Kier molecular flexibility index (Phi) is 6.35. The van der Waals surface area contributed by atoms with Gasteiger partial charge in [0.25, 0.3) is 0 Å². The van der Waals surface area contributed by atoms with Crippen LogP contribution in [0.5, 0.6) is 0 Å². The van der Waals surface area contributed by atoms with E-state index in [4.69, 9.17) is 4.74 Å². The number of nitrogens with zero attached hydrogens (tertiary/aromatic N) is 1. The SMILES string of the molecule is CN(C)CCC(=O)OC(CC(C)(C)C)C(C)(C)C. The van der Waals surface area contributed by atoms with Gasteiger partial charge in [-0.2, -0.15) is 0 Å². The first-order valence-electron chi connectivity index (χ1n) is 6.76. The number of esters is 1. The van der Waals surface area contributed by atoms with Crippen LogP contribution in [-0.2, 0) is 9.53 Å². The van der Waals surface area contributed by atoms with Crippen LogP contribution in [-0.4, -0.2) is 37.6 Å². The van der Waals surface area contributed by atoms with Crippen molar-refractivity contribution in [1.29, 1.82) is 0 Å². The third kappa shape index (κ3) is 8.51. The molecule has 0 fully saturated rings. The summed E-state index contributed by atoms with van der Waals surface area (Å²) in [5.41, 5.74) is 0.154. The molecule has 0 amide bonds. The Balaban J connectivity index is 4.47. The molecule has 0 spiro atoms. The van der Waals surface area contributed by atoms with Crippen molar-refractivity contribution >= 4 is 5.97 Å². The van der Waals surface area contributed by atoms with Crippen molar-refractivity contribution in [2.24, 2.45) is 10.8 Å². The summed E-state index contributed by atoms with van der Waals surface area (Å²) in [6, 6.07) is 0. The van der Waals surface area contributed by atoms with Crippen LogP contribution < -0.4 is 0 Å². The molecular formula is C15H31NO2. The van der Waals surface area contributed by atoms with Crippen LogP contribution in [0.3, 0.4) is 0 Å². The zero-order chi connectivity index (χ0) is 14.6. The Morgan fingerprint density at radius 3 is 1.94 bits per heavy atom. The van der Waals surface area contributed by atoms with Crippen molar-refractivity contribution in [3.8, 4) is 0 Å². The maximum atomic E-state index is 11.8. The van der Waals surface area contributed by atoms with Gasteiger partial charge in [0.1, 0.15) is 6.10 Å². The maximum Gasteiger partial charge on any atom is 0.307 e. The van der Waals surface area contributed by atoms with Crippen LogP contribution in [0.15, 0.2) is 0 Å². The van der Waals surface area contributed by atoms with E-state index in [1.165, 1.54) is 0 Å². The lowest BCUT2D eigenvalue weighted by molar-refractivity contribution is -0.157. The quantitative estimate of drug-likeness (QED) is 0.708. The second-order valence-electron chi connectivity index (χ2n) is 7.66. The van der Waals surface area contributed by atoms with Gasteiger partial charge in [0.05, 0.1) is 6.42 Å². The number of carbonyl (C=O) groups is 1. The Morgan fingerprint density at radius 1 is 1.11 bits per heavy atom. The molecule has 0 bridgehead atoms. The molecule has 0 aliphatic carbocycles. The van der Waals surface area contributed by atoms with Gasteiger partial charge in [-0.05, 0) is 31.3 Å². The molecule has 0 N–H and O–H groups in total. The van der Waals surface area contributed by atoms with Gasteiger partial charge in [0, 0.05) is 6.54 Å². The zero-order valence-corrected chi connectivity index (χ0v) is 13.5. The zero-order valence-electron chi connectivity index (χ0n) is 13.5. The normalized spacial score (nSPS) is 14.7. The minimum Gasteiger partial charge on any atom is -0.462 e. The van der Waals surface area contributed by atoms with Crippen molar-refractivity contribution in [2.75, 3.05) is 20.6 Å². The summed E-state index contributed by atoms with van der Waals surface area (Å²) in [7, 11) is 3.92. The average Bonchev–Trinajstić information content (AvgIpc) is 2.10. The monoisotopic (exact) mass is 257 g/mol. The van der Waals surface area contributed by atoms with Crippen LogP contribution in [0.1, 0.15) is 54.4 Å². The second kappa shape index (κ2) is 6.55. The second-order valence-corrected chi connectivity index (χ2v) is 7.66. The van der Waals surface area contributed by atoms with Gasteiger partial charge < -0.3 is 9.64 Å². The molecule has 0 aromatic carbocycles. The molecular weight excluding hydrogens is 226 g/mol. The van der Waals surface area contributed by atoms with E-state index < -0.39 is 0 Å². The minimum absolute atomic E-state index is 0.0128. The molecule has 0 aromatic rings. The predicted octanol–water partition coefficient (Wildman–Crippen LogP) is 3.33. The van der Waals surface area contributed by atoms with E-state index in [1.54, 1.807) is 0 Å². The Hall–Kier alpha value is -0.570. The predicted molar refractivity (Wildman–Crippen MR) is 76.6 cm³/mol. The molecule has 3 heteroatoms. The van der Waals surface area contributed by atoms with E-state index in [0.717, 1.165) is 13.0 Å². The highest BCUT2D eigenvalue weighted by molar-refractivity contribution is 5.69. The fourth-order valence-electron chi connectivity index (χ4n) is 1.61. The highest BCUT2D eigenvalue weighted by Crippen LogP contribution is 2.32. The minimum atomic E-state index is -0.0899. The number of hydrogen-bond donors (Lipinski definition) is 0. The third-order valence-corrected chi connectivity index (χ3v) is 2.80. The van der Waals surface area contributed by atoms with Crippen molar-refractivity contribution in [1.82, 2.24) is 4.90 Å². The van der Waals surface area contributed by atoms with Crippen LogP contribution >= 0.6 is 0 Å². The molecule has 0 aliphatic rings. The Bertz CT molecular complexity index is 259. The van der Waals surface area contributed by atoms with Gasteiger partial charge >= 0.3 is 5.97 Å². The van der Waals surface area contributed by atoms with E-state index in [2.05, 4.69) is 41.5 Å². The number of hydrogen-bond acceptors (Lipinski definition) is 3. The molecule has 1 unspecified atom stereocenters. The van der Waals surface area contributed by atoms with Crippen molar-refractivity contribution < 1.29 is 9.53 Å². The molecule has 0 aliphatic heterocycles. The number of ether oxygens (including phenoxy) is 1. The molecule has 18 heavy (non-hydrogen) atoms. The number of rotatable bonds is 5. The first-order valence-corrected chi connectivity index (χ1v) is 6.76. The lowest BCUT2D eigenvalue weighted by Crippen LogP contribution is -2.35. The summed E-state index contributed by atoms with van der Waals surface area (Å²) in [6.07, 6.45) is 1.33. The van der Waals surface area contributed by atoms with Crippen molar-refractivity contribution in [3.05, 3.63) is 0 Å². The van der Waals surface area contributed by atoms with Gasteiger partial charge in [-0.1, -0.05) is 41.5 Å². The lowest BCUT2D eigenvalue weighted by atomic mass is 9.78. The molecule has 3 nitrogen and oxygen atoms in total. The van der Waals surface area contributed by atoms with E-state index in [0.29, 0.717) is 6.42 Å². The Labute approximate surface area is 113 Å². The van der Waals surface area contributed by atoms with E-state index >= 15 is 0 Å². The van der Waals surface area contributed by atoms with E-state index in [1.807, 2.05) is 19.0 Å². The smallest absolute Gasteiger partial charge is 0.307 e. The highest BCUT2D eigenvalue weighted by Gasteiger charge is 2.32. The largest absolute Gasteiger partial charge is 0.462 e. The molecule has 1 atom stereocenters. The van der Waals surface area contributed by atoms with E-state index in [9.17, 15) is 4.79 Å².